The van der Waals surface area contributed by atoms with Crippen molar-refractivity contribution in [1.82, 2.24) is 4.98 Å². The van der Waals surface area contributed by atoms with Crippen LogP contribution in [0.4, 0.5) is 0 Å². The van der Waals surface area contributed by atoms with Crippen LogP contribution < -0.4 is 10.5 Å². The van der Waals surface area contributed by atoms with Gasteiger partial charge in [0, 0.05) is 24.4 Å². The molecule has 4 heteroatoms. The van der Waals surface area contributed by atoms with Crippen molar-refractivity contribution in [3.8, 4) is 5.75 Å². The molecule has 1 aromatic heterocycles. The fraction of sp³-hybridized carbons (Fsp3) is 0.200. The van der Waals surface area contributed by atoms with Gasteiger partial charge in [0.05, 0.1) is 4.99 Å². The fourth-order valence-corrected chi connectivity index (χ4v) is 1.93. The van der Waals surface area contributed by atoms with Crippen LogP contribution in [0.1, 0.15) is 16.7 Å². The molecule has 0 bridgehead atoms. The Balaban J connectivity index is 1.94. The number of thiocarbonyl (C=S) groups is 1. The van der Waals surface area contributed by atoms with Gasteiger partial charge in [-0.15, -0.1) is 0 Å². The Labute approximate surface area is 118 Å². The number of rotatable bonds is 5. The topological polar surface area (TPSA) is 48.1 Å². The molecule has 0 aliphatic heterocycles. The standard InChI is InChI=1S/C15H16N2OS/c1-11-6-13(9-17-8-11)10-18-14-4-2-12(3-5-14)7-15(16)19/h2-6,8-9H,7,10H2,1H3,(H2,16,19). The van der Waals surface area contributed by atoms with Crippen molar-refractivity contribution < 1.29 is 4.74 Å². The molecule has 2 N–H and O–H groups in total. The molecule has 0 atom stereocenters. The normalized spacial score (nSPS) is 10.2. The van der Waals surface area contributed by atoms with Gasteiger partial charge in [-0.25, -0.2) is 0 Å². The molecular weight excluding hydrogens is 256 g/mol. The van der Waals surface area contributed by atoms with E-state index in [-0.39, 0.29) is 0 Å². The molecule has 0 unspecified atom stereocenters. The first-order valence-corrected chi connectivity index (χ1v) is 6.45. The highest BCUT2D eigenvalue weighted by Crippen LogP contribution is 2.14. The molecule has 1 aromatic carbocycles. The predicted octanol–water partition coefficient (Wildman–Crippen LogP) is 2.80. The van der Waals surface area contributed by atoms with Crippen LogP contribution in [0.5, 0.6) is 5.75 Å². The number of aromatic nitrogens is 1. The van der Waals surface area contributed by atoms with Gasteiger partial charge in [0.15, 0.2) is 0 Å². The van der Waals surface area contributed by atoms with Crippen LogP contribution in [-0.2, 0) is 13.0 Å². The molecule has 0 saturated carbocycles. The quantitative estimate of drug-likeness (QED) is 0.850. The van der Waals surface area contributed by atoms with E-state index >= 15 is 0 Å². The Morgan fingerprint density at radius 1 is 1.21 bits per heavy atom. The van der Waals surface area contributed by atoms with Gasteiger partial charge >= 0.3 is 0 Å². The van der Waals surface area contributed by atoms with Crippen LogP contribution >= 0.6 is 12.2 Å². The van der Waals surface area contributed by atoms with E-state index in [4.69, 9.17) is 22.7 Å². The number of pyridine rings is 1. The number of hydrogen-bond donors (Lipinski definition) is 1. The van der Waals surface area contributed by atoms with Crippen LogP contribution in [0.2, 0.25) is 0 Å². The zero-order valence-electron chi connectivity index (χ0n) is 10.8. The van der Waals surface area contributed by atoms with Crippen LogP contribution in [0.15, 0.2) is 42.7 Å². The molecule has 1 heterocycles. The van der Waals surface area contributed by atoms with Gasteiger partial charge < -0.3 is 10.5 Å². The van der Waals surface area contributed by atoms with Crippen molar-refractivity contribution in [2.45, 2.75) is 20.0 Å². The number of benzene rings is 1. The molecule has 2 aromatic rings. The Morgan fingerprint density at radius 2 is 1.95 bits per heavy atom. The van der Waals surface area contributed by atoms with E-state index in [2.05, 4.69) is 11.1 Å². The van der Waals surface area contributed by atoms with Gasteiger partial charge in [-0.3, -0.25) is 4.98 Å². The summed E-state index contributed by atoms with van der Waals surface area (Å²) in [6, 6.07) is 9.87. The number of aryl methyl sites for hydroxylation is 1. The average molecular weight is 272 g/mol. The largest absolute Gasteiger partial charge is 0.489 e. The van der Waals surface area contributed by atoms with Gasteiger partial charge in [-0.1, -0.05) is 24.4 Å². The highest BCUT2D eigenvalue weighted by Gasteiger charge is 1.99. The summed E-state index contributed by atoms with van der Waals surface area (Å²) in [5, 5.41) is 0. The summed E-state index contributed by atoms with van der Waals surface area (Å²) in [4.78, 5) is 4.63. The summed E-state index contributed by atoms with van der Waals surface area (Å²) in [6.07, 6.45) is 4.26. The Morgan fingerprint density at radius 3 is 2.58 bits per heavy atom. The molecule has 0 spiro atoms. The molecule has 19 heavy (non-hydrogen) atoms. The number of nitrogens with two attached hydrogens (primary N) is 1. The lowest BCUT2D eigenvalue weighted by Crippen LogP contribution is -2.10. The van der Waals surface area contributed by atoms with Gasteiger partial charge in [-0.2, -0.15) is 0 Å². The van der Waals surface area contributed by atoms with Crippen molar-refractivity contribution in [2.24, 2.45) is 5.73 Å². The third kappa shape index (κ3) is 4.34. The molecule has 3 nitrogen and oxygen atoms in total. The molecule has 0 amide bonds. The maximum absolute atomic E-state index is 5.70. The lowest BCUT2D eigenvalue weighted by atomic mass is 10.1. The molecule has 98 valence electrons. The first-order chi connectivity index (χ1) is 9.13. The van der Waals surface area contributed by atoms with Crippen molar-refractivity contribution in [3.05, 3.63) is 59.4 Å². The van der Waals surface area contributed by atoms with Crippen LogP contribution in [0.25, 0.3) is 0 Å². The Kier molecular flexibility index (Phi) is 4.47. The summed E-state index contributed by atoms with van der Waals surface area (Å²) < 4.78 is 5.70. The molecule has 0 aliphatic carbocycles. The fourth-order valence-electron chi connectivity index (χ4n) is 1.77. The van der Waals surface area contributed by atoms with Gasteiger partial charge in [0.25, 0.3) is 0 Å². The lowest BCUT2D eigenvalue weighted by molar-refractivity contribution is 0.305. The minimum Gasteiger partial charge on any atom is -0.489 e. The van der Waals surface area contributed by atoms with E-state index < -0.39 is 0 Å². The van der Waals surface area contributed by atoms with Crippen molar-refractivity contribution in [1.29, 1.82) is 0 Å². The Hall–Kier alpha value is -1.94. The minimum absolute atomic E-state index is 0.500. The number of ether oxygens (including phenoxy) is 1. The predicted molar refractivity (Wildman–Crippen MR) is 80.2 cm³/mol. The first-order valence-electron chi connectivity index (χ1n) is 6.04. The van der Waals surface area contributed by atoms with Crippen molar-refractivity contribution in [2.75, 3.05) is 0 Å². The van der Waals surface area contributed by atoms with Gasteiger partial charge in [0.1, 0.15) is 12.4 Å². The minimum atomic E-state index is 0.500. The maximum atomic E-state index is 5.70. The number of nitrogens with zero attached hydrogens (tertiary/aromatic N) is 1. The average Bonchev–Trinajstić information content (AvgIpc) is 2.37. The lowest BCUT2D eigenvalue weighted by Gasteiger charge is -2.07. The van der Waals surface area contributed by atoms with Crippen LogP contribution in [0, 0.1) is 6.92 Å². The second-order valence-electron chi connectivity index (χ2n) is 4.45. The van der Waals surface area contributed by atoms with Crippen LogP contribution in [-0.4, -0.2) is 9.97 Å². The summed E-state index contributed by atoms with van der Waals surface area (Å²) in [5.74, 6) is 0.827. The highest BCUT2D eigenvalue weighted by atomic mass is 32.1. The monoisotopic (exact) mass is 272 g/mol. The summed E-state index contributed by atoms with van der Waals surface area (Å²) in [6.45, 7) is 2.53. The van der Waals surface area contributed by atoms with E-state index in [1.54, 1.807) is 0 Å². The smallest absolute Gasteiger partial charge is 0.119 e. The highest BCUT2D eigenvalue weighted by molar-refractivity contribution is 7.80. The van der Waals surface area contributed by atoms with Crippen molar-refractivity contribution in [3.63, 3.8) is 0 Å². The SMILES string of the molecule is Cc1cncc(COc2ccc(CC(N)=S)cc2)c1. The number of hydrogen-bond acceptors (Lipinski definition) is 3. The van der Waals surface area contributed by atoms with E-state index in [0.717, 1.165) is 22.4 Å². The third-order valence-electron chi connectivity index (χ3n) is 2.64. The zero-order valence-corrected chi connectivity index (χ0v) is 11.6. The van der Waals surface area contributed by atoms with Crippen molar-refractivity contribution >= 4 is 17.2 Å². The van der Waals surface area contributed by atoms with Gasteiger partial charge in [-0.05, 0) is 36.2 Å². The zero-order chi connectivity index (χ0) is 13.7. The Bertz CT molecular complexity index is 567. The van der Waals surface area contributed by atoms with E-state index in [0.29, 0.717) is 18.0 Å². The molecule has 0 radical (unpaired) electrons. The second kappa shape index (κ2) is 6.29. The van der Waals surface area contributed by atoms with E-state index in [1.165, 1.54) is 0 Å². The summed E-state index contributed by atoms with van der Waals surface area (Å²) in [7, 11) is 0. The van der Waals surface area contributed by atoms with Crippen LogP contribution in [0.3, 0.4) is 0 Å². The third-order valence-corrected chi connectivity index (χ3v) is 2.78. The molecule has 2 rings (SSSR count). The molecule has 0 aliphatic rings. The summed E-state index contributed by atoms with van der Waals surface area (Å²) in [5.41, 5.74) is 8.79. The van der Waals surface area contributed by atoms with Gasteiger partial charge in [0.2, 0.25) is 0 Å². The first kappa shape index (κ1) is 13.5. The molecular formula is C15H16N2OS. The van der Waals surface area contributed by atoms with E-state index in [9.17, 15) is 0 Å². The molecule has 0 fully saturated rings. The summed E-state index contributed by atoms with van der Waals surface area (Å²) >= 11 is 4.88. The molecule has 0 saturated heterocycles. The van der Waals surface area contributed by atoms with E-state index in [1.807, 2.05) is 43.6 Å². The maximum Gasteiger partial charge on any atom is 0.119 e. The second-order valence-corrected chi connectivity index (χ2v) is 4.97.